The second-order valence-corrected chi connectivity index (χ2v) is 8.63. The molecular formula is C27H26N4O5S. The zero-order chi connectivity index (χ0) is 26.2. The van der Waals surface area contributed by atoms with Crippen molar-refractivity contribution in [2.24, 2.45) is 5.10 Å². The van der Waals surface area contributed by atoms with Crippen molar-refractivity contribution >= 4 is 34.8 Å². The second kappa shape index (κ2) is 12.1. The van der Waals surface area contributed by atoms with Gasteiger partial charge in [0.05, 0.1) is 41.8 Å². The molecule has 0 aliphatic carbocycles. The lowest BCUT2D eigenvalue weighted by Gasteiger charge is -2.13. The van der Waals surface area contributed by atoms with E-state index in [0.29, 0.717) is 52.0 Å². The first-order chi connectivity index (χ1) is 18.0. The average molecular weight is 519 g/mol. The molecule has 0 spiro atoms. The molecule has 3 aromatic carbocycles. The molecule has 0 aliphatic rings. The normalized spacial score (nSPS) is 11.1. The number of rotatable bonds is 10. The fourth-order valence-electron chi connectivity index (χ4n) is 3.55. The van der Waals surface area contributed by atoms with Crippen LogP contribution in [0.3, 0.4) is 0 Å². The monoisotopic (exact) mass is 518 g/mol. The number of ether oxygens (including phenoxy) is 2. The number of thioether (sulfide) groups is 1. The van der Waals surface area contributed by atoms with Crippen LogP contribution in [0.1, 0.15) is 19.4 Å². The van der Waals surface area contributed by atoms with Crippen LogP contribution >= 0.6 is 11.8 Å². The van der Waals surface area contributed by atoms with Crippen LogP contribution in [0.2, 0.25) is 0 Å². The predicted molar refractivity (Wildman–Crippen MR) is 144 cm³/mol. The quantitative estimate of drug-likeness (QED) is 0.140. The second-order valence-electron chi connectivity index (χ2n) is 7.69. The van der Waals surface area contributed by atoms with E-state index in [9.17, 15) is 14.7 Å². The van der Waals surface area contributed by atoms with Gasteiger partial charge in [0.25, 0.3) is 11.5 Å². The molecule has 4 rings (SSSR count). The summed E-state index contributed by atoms with van der Waals surface area (Å²) < 4.78 is 12.3. The summed E-state index contributed by atoms with van der Waals surface area (Å²) in [7, 11) is 0. The van der Waals surface area contributed by atoms with Crippen molar-refractivity contribution in [3.8, 4) is 22.9 Å². The van der Waals surface area contributed by atoms with Gasteiger partial charge < -0.3 is 14.6 Å². The highest BCUT2D eigenvalue weighted by Gasteiger charge is 2.15. The number of amides is 1. The highest BCUT2D eigenvalue weighted by molar-refractivity contribution is 7.99. The number of carbonyl (C=O) groups is 1. The molecule has 0 saturated carbocycles. The first kappa shape index (κ1) is 25.8. The van der Waals surface area contributed by atoms with Gasteiger partial charge >= 0.3 is 0 Å². The third-order valence-corrected chi connectivity index (χ3v) is 6.14. The molecule has 1 aromatic heterocycles. The molecule has 37 heavy (non-hydrogen) atoms. The van der Waals surface area contributed by atoms with E-state index in [4.69, 9.17) is 9.47 Å². The Kier molecular flexibility index (Phi) is 8.42. The molecule has 0 fully saturated rings. The van der Waals surface area contributed by atoms with E-state index in [1.165, 1.54) is 10.8 Å². The van der Waals surface area contributed by atoms with E-state index >= 15 is 0 Å². The summed E-state index contributed by atoms with van der Waals surface area (Å²) >= 11 is 1.12. The number of hydrogen-bond donors (Lipinski definition) is 2. The van der Waals surface area contributed by atoms with E-state index in [0.717, 1.165) is 11.8 Å². The molecule has 2 N–H and O–H groups in total. The average Bonchev–Trinajstić information content (AvgIpc) is 2.91. The van der Waals surface area contributed by atoms with Crippen LogP contribution in [-0.2, 0) is 4.79 Å². The maximum absolute atomic E-state index is 13.4. The number of aromatic nitrogens is 2. The Hall–Kier alpha value is -4.31. The Morgan fingerprint density at radius 3 is 2.57 bits per heavy atom. The van der Waals surface area contributed by atoms with Gasteiger partial charge in [0.1, 0.15) is 5.75 Å². The summed E-state index contributed by atoms with van der Waals surface area (Å²) in [6.45, 7) is 4.66. The smallest absolute Gasteiger partial charge is 0.266 e. The fourth-order valence-corrected chi connectivity index (χ4v) is 4.35. The largest absolute Gasteiger partial charge is 0.504 e. The van der Waals surface area contributed by atoms with Gasteiger partial charge in [-0.15, -0.1) is 0 Å². The molecule has 1 heterocycles. The van der Waals surface area contributed by atoms with Crippen molar-refractivity contribution in [3.05, 3.63) is 82.6 Å². The third-order valence-electron chi connectivity index (χ3n) is 5.21. The van der Waals surface area contributed by atoms with Crippen molar-refractivity contribution in [2.45, 2.75) is 19.0 Å². The maximum Gasteiger partial charge on any atom is 0.266 e. The van der Waals surface area contributed by atoms with Gasteiger partial charge in [0, 0.05) is 5.56 Å². The molecule has 10 heteroatoms. The van der Waals surface area contributed by atoms with E-state index in [1.807, 2.05) is 19.9 Å². The number of phenolic OH excluding ortho intramolecular Hbond substituents is 1. The van der Waals surface area contributed by atoms with Gasteiger partial charge in [-0.05, 0) is 62.4 Å². The van der Waals surface area contributed by atoms with Crippen LogP contribution in [0.5, 0.6) is 17.2 Å². The summed E-state index contributed by atoms with van der Waals surface area (Å²) in [4.78, 5) is 30.5. The summed E-state index contributed by atoms with van der Waals surface area (Å²) in [6.07, 6.45) is 1.34. The Morgan fingerprint density at radius 2 is 1.81 bits per heavy atom. The molecule has 190 valence electrons. The van der Waals surface area contributed by atoms with Gasteiger partial charge in [-0.3, -0.25) is 14.2 Å². The lowest BCUT2D eigenvalue weighted by atomic mass is 10.2. The number of carbonyl (C=O) groups excluding carboxylic acids is 1. The van der Waals surface area contributed by atoms with Crippen molar-refractivity contribution in [2.75, 3.05) is 19.0 Å². The lowest BCUT2D eigenvalue weighted by Crippen LogP contribution is -2.24. The molecule has 0 unspecified atom stereocenters. The maximum atomic E-state index is 13.4. The van der Waals surface area contributed by atoms with Crippen LogP contribution in [0.15, 0.2) is 81.8 Å². The molecule has 0 atom stereocenters. The van der Waals surface area contributed by atoms with E-state index < -0.39 is 5.91 Å². The molecule has 0 radical (unpaired) electrons. The zero-order valence-corrected chi connectivity index (χ0v) is 21.2. The van der Waals surface area contributed by atoms with E-state index in [2.05, 4.69) is 15.5 Å². The predicted octanol–water partition coefficient (Wildman–Crippen LogP) is 4.13. The number of fused-ring (bicyclic) bond motifs is 1. The van der Waals surface area contributed by atoms with Crippen LogP contribution in [-0.4, -0.2) is 45.7 Å². The van der Waals surface area contributed by atoms with Crippen LogP contribution in [0.4, 0.5) is 0 Å². The minimum absolute atomic E-state index is 0.0376. The van der Waals surface area contributed by atoms with E-state index in [1.54, 1.807) is 60.7 Å². The summed E-state index contributed by atoms with van der Waals surface area (Å²) in [5.41, 5.74) is 3.76. The number of phenols is 1. The standard InChI is InChI=1S/C27H26N4O5S/c1-3-35-20-14-12-19(13-15-20)31-26(34)21-9-5-6-10-22(21)29-27(31)37-17-24(32)30-28-16-18-8-7-11-23(25(18)33)36-4-2/h5-16,33H,3-4,17H2,1-2H3,(H,30,32). The number of hydrogen-bond acceptors (Lipinski definition) is 8. The molecule has 1 amide bonds. The Balaban J connectivity index is 1.53. The summed E-state index contributed by atoms with van der Waals surface area (Å²) in [5, 5.41) is 15.0. The molecule has 0 aliphatic heterocycles. The van der Waals surface area contributed by atoms with Gasteiger partial charge in [-0.25, -0.2) is 10.4 Å². The molecular weight excluding hydrogens is 492 g/mol. The summed E-state index contributed by atoms with van der Waals surface area (Å²) in [6, 6.07) is 19.2. The number of nitrogens with one attached hydrogen (secondary N) is 1. The fraction of sp³-hybridized carbons (Fsp3) is 0.185. The van der Waals surface area contributed by atoms with Crippen LogP contribution < -0.4 is 20.5 Å². The van der Waals surface area contributed by atoms with Crippen molar-refractivity contribution < 1.29 is 19.4 Å². The lowest BCUT2D eigenvalue weighted by molar-refractivity contribution is -0.118. The molecule has 9 nitrogen and oxygen atoms in total. The Morgan fingerprint density at radius 1 is 1.05 bits per heavy atom. The van der Waals surface area contributed by atoms with Crippen molar-refractivity contribution in [1.82, 2.24) is 15.0 Å². The van der Waals surface area contributed by atoms with Gasteiger partial charge in [0.15, 0.2) is 16.7 Å². The first-order valence-electron chi connectivity index (χ1n) is 11.7. The molecule has 0 bridgehead atoms. The first-order valence-corrected chi connectivity index (χ1v) is 12.6. The van der Waals surface area contributed by atoms with Crippen molar-refractivity contribution in [1.29, 1.82) is 0 Å². The topological polar surface area (TPSA) is 115 Å². The number of aromatic hydroxyl groups is 1. The zero-order valence-electron chi connectivity index (χ0n) is 20.4. The SMILES string of the molecule is CCOc1ccc(-n2c(SCC(=O)NN=Cc3cccc(OCC)c3O)nc3ccccc3c2=O)cc1. The molecule has 0 saturated heterocycles. The van der Waals surface area contributed by atoms with Crippen molar-refractivity contribution in [3.63, 3.8) is 0 Å². The number of para-hydroxylation sites is 2. The highest BCUT2D eigenvalue weighted by Crippen LogP contribution is 2.28. The van der Waals surface area contributed by atoms with Crippen LogP contribution in [0.25, 0.3) is 16.6 Å². The Labute approximate surface area is 217 Å². The summed E-state index contributed by atoms with van der Waals surface area (Å²) in [5.74, 6) is 0.531. The number of benzene rings is 3. The number of hydrazone groups is 1. The molecule has 4 aromatic rings. The van der Waals surface area contributed by atoms with Gasteiger partial charge in [0.2, 0.25) is 0 Å². The third kappa shape index (κ3) is 6.10. The van der Waals surface area contributed by atoms with Gasteiger partial charge in [-0.1, -0.05) is 30.0 Å². The van der Waals surface area contributed by atoms with E-state index in [-0.39, 0.29) is 17.1 Å². The highest BCUT2D eigenvalue weighted by atomic mass is 32.2. The Bertz CT molecular complexity index is 1480. The van der Waals surface area contributed by atoms with Crippen LogP contribution in [0, 0.1) is 0 Å². The minimum atomic E-state index is -0.401. The number of nitrogens with zero attached hydrogens (tertiary/aromatic N) is 3. The minimum Gasteiger partial charge on any atom is -0.504 e. The van der Waals surface area contributed by atoms with Gasteiger partial charge in [-0.2, -0.15) is 5.10 Å².